The Morgan fingerprint density at radius 3 is 2.58 bits per heavy atom. The number of hydrogen-bond donors (Lipinski definition) is 0. The lowest BCUT2D eigenvalue weighted by Crippen LogP contribution is -2.29. The van der Waals surface area contributed by atoms with E-state index in [1.54, 1.807) is 12.4 Å². The molecule has 4 heteroatoms. The zero-order valence-corrected chi connectivity index (χ0v) is 13.8. The zero-order valence-electron chi connectivity index (χ0n) is 13.8. The average molecular weight is 316 g/mol. The Balaban J connectivity index is 1.54. The van der Waals surface area contributed by atoms with Crippen molar-refractivity contribution >= 4 is 22.6 Å². The van der Waals surface area contributed by atoms with E-state index in [0.29, 0.717) is 5.65 Å². The molecule has 2 aromatic heterocycles. The van der Waals surface area contributed by atoms with E-state index in [1.807, 2.05) is 12.1 Å². The molecule has 0 atom stereocenters. The first-order chi connectivity index (χ1) is 11.8. The van der Waals surface area contributed by atoms with Crippen molar-refractivity contribution in [3.8, 4) is 0 Å². The van der Waals surface area contributed by atoms with Crippen LogP contribution in [0.4, 0.5) is 5.82 Å². The van der Waals surface area contributed by atoms with Crippen LogP contribution in [0.1, 0.15) is 24.5 Å². The second-order valence-electron chi connectivity index (χ2n) is 6.04. The van der Waals surface area contributed by atoms with Crippen LogP contribution in [-0.2, 0) is 6.42 Å². The molecule has 0 amide bonds. The Morgan fingerprint density at radius 1 is 1.00 bits per heavy atom. The van der Waals surface area contributed by atoms with Gasteiger partial charge in [0.1, 0.15) is 11.3 Å². The molecule has 0 bridgehead atoms. The lowest BCUT2D eigenvalue weighted by molar-refractivity contribution is 0.818. The Morgan fingerprint density at radius 2 is 1.83 bits per heavy atom. The second-order valence-corrected chi connectivity index (χ2v) is 6.04. The fourth-order valence-electron chi connectivity index (χ4n) is 3.11. The summed E-state index contributed by atoms with van der Waals surface area (Å²) in [6.07, 6.45) is 7.82. The monoisotopic (exact) mass is 316 g/mol. The van der Waals surface area contributed by atoms with E-state index >= 15 is 0 Å². The molecule has 1 aliphatic rings. The SMILES string of the molecule is CCc1ccc(C2=CCN(c3ccc4nccnc4n3)CC2)cc1. The van der Waals surface area contributed by atoms with Gasteiger partial charge in [-0.25, -0.2) is 9.97 Å². The first-order valence-electron chi connectivity index (χ1n) is 8.44. The third-order valence-electron chi connectivity index (χ3n) is 4.58. The van der Waals surface area contributed by atoms with Crippen molar-refractivity contribution in [2.45, 2.75) is 19.8 Å². The topological polar surface area (TPSA) is 41.9 Å². The highest BCUT2D eigenvalue weighted by Crippen LogP contribution is 2.25. The quantitative estimate of drug-likeness (QED) is 0.735. The van der Waals surface area contributed by atoms with Gasteiger partial charge in [-0.05, 0) is 41.7 Å². The summed E-state index contributed by atoms with van der Waals surface area (Å²) in [6, 6.07) is 13.0. The molecule has 1 aliphatic heterocycles. The third kappa shape index (κ3) is 2.87. The summed E-state index contributed by atoms with van der Waals surface area (Å²) in [5, 5.41) is 0. The summed E-state index contributed by atoms with van der Waals surface area (Å²) in [6.45, 7) is 4.04. The number of rotatable bonds is 3. The number of aromatic nitrogens is 3. The van der Waals surface area contributed by atoms with Crippen LogP contribution < -0.4 is 4.90 Å². The molecule has 24 heavy (non-hydrogen) atoms. The normalized spacial score (nSPS) is 14.7. The summed E-state index contributed by atoms with van der Waals surface area (Å²) in [7, 11) is 0. The predicted molar refractivity (Wildman–Crippen MR) is 98.0 cm³/mol. The molecule has 120 valence electrons. The van der Waals surface area contributed by atoms with Gasteiger partial charge in [0.25, 0.3) is 0 Å². The molecule has 0 N–H and O–H groups in total. The van der Waals surface area contributed by atoms with Gasteiger partial charge in [-0.3, -0.25) is 4.98 Å². The summed E-state index contributed by atoms with van der Waals surface area (Å²) in [5.41, 5.74) is 5.70. The molecule has 0 saturated carbocycles. The van der Waals surface area contributed by atoms with Crippen LogP contribution in [0.15, 0.2) is 54.9 Å². The van der Waals surface area contributed by atoms with Gasteiger partial charge < -0.3 is 4.90 Å². The molecule has 4 rings (SSSR count). The molecule has 3 heterocycles. The maximum atomic E-state index is 4.64. The van der Waals surface area contributed by atoms with Gasteiger partial charge in [-0.1, -0.05) is 37.3 Å². The third-order valence-corrected chi connectivity index (χ3v) is 4.58. The smallest absolute Gasteiger partial charge is 0.180 e. The van der Waals surface area contributed by atoms with Crippen LogP contribution in [0.3, 0.4) is 0 Å². The van der Waals surface area contributed by atoms with Crippen molar-refractivity contribution in [2.24, 2.45) is 0 Å². The highest BCUT2D eigenvalue weighted by Gasteiger charge is 2.15. The summed E-state index contributed by atoms with van der Waals surface area (Å²) in [5.74, 6) is 0.972. The van der Waals surface area contributed by atoms with Crippen LogP contribution in [0, 0.1) is 0 Å². The van der Waals surface area contributed by atoms with Gasteiger partial charge >= 0.3 is 0 Å². The van der Waals surface area contributed by atoms with E-state index in [4.69, 9.17) is 0 Å². The molecule has 0 unspecified atom stereocenters. The molecular weight excluding hydrogens is 296 g/mol. The Bertz CT molecular complexity index is 884. The first kappa shape index (κ1) is 14.8. The van der Waals surface area contributed by atoms with Gasteiger partial charge in [0.2, 0.25) is 0 Å². The van der Waals surface area contributed by atoms with Crippen molar-refractivity contribution in [3.63, 3.8) is 0 Å². The lowest BCUT2D eigenvalue weighted by Gasteiger charge is -2.27. The maximum absolute atomic E-state index is 4.64. The van der Waals surface area contributed by atoms with Crippen LogP contribution in [0.5, 0.6) is 0 Å². The van der Waals surface area contributed by atoms with Crippen molar-refractivity contribution in [1.82, 2.24) is 15.0 Å². The van der Waals surface area contributed by atoms with E-state index in [1.165, 1.54) is 16.7 Å². The van der Waals surface area contributed by atoms with Gasteiger partial charge in [-0.2, -0.15) is 0 Å². The molecule has 3 aromatic rings. The van der Waals surface area contributed by atoms with Gasteiger partial charge in [0, 0.05) is 25.5 Å². The van der Waals surface area contributed by atoms with E-state index in [2.05, 4.69) is 57.1 Å². The molecular formula is C20H20N4. The number of anilines is 1. The van der Waals surface area contributed by atoms with E-state index in [9.17, 15) is 0 Å². The van der Waals surface area contributed by atoms with Crippen LogP contribution in [-0.4, -0.2) is 28.0 Å². The fraction of sp³-hybridized carbons (Fsp3) is 0.250. The highest BCUT2D eigenvalue weighted by atomic mass is 15.2. The minimum Gasteiger partial charge on any atom is -0.352 e. The van der Waals surface area contributed by atoms with Gasteiger partial charge in [0.05, 0.1) is 0 Å². The molecule has 0 fully saturated rings. The standard InChI is InChI=1S/C20H20N4/c1-2-15-3-5-16(6-4-15)17-9-13-24(14-10-17)19-8-7-18-20(23-19)22-12-11-21-18/h3-9,11-12H,2,10,13-14H2,1H3. The fourth-order valence-corrected chi connectivity index (χ4v) is 3.11. The largest absolute Gasteiger partial charge is 0.352 e. The molecule has 0 saturated heterocycles. The number of fused-ring (bicyclic) bond motifs is 1. The highest BCUT2D eigenvalue weighted by molar-refractivity contribution is 5.73. The van der Waals surface area contributed by atoms with Crippen molar-refractivity contribution in [2.75, 3.05) is 18.0 Å². The number of pyridine rings is 1. The van der Waals surface area contributed by atoms with Crippen molar-refractivity contribution in [1.29, 1.82) is 0 Å². The van der Waals surface area contributed by atoms with Gasteiger partial charge in [0.15, 0.2) is 5.65 Å². The average Bonchev–Trinajstić information content (AvgIpc) is 2.68. The number of hydrogen-bond acceptors (Lipinski definition) is 4. The molecule has 1 aromatic carbocycles. The Labute approximate surface area is 141 Å². The van der Waals surface area contributed by atoms with Crippen LogP contribution in [0.2, 0.25) is 0 Å². The molecule has 0 aliphatic carbocycles. The van der Waals surface area contributed by atoms with Gasteiger partial charge in [-0.15, -0.1) is 0 Å². The summed E-state index contributed by atoms with van der Waals surface area (Å²) < 4.78 is 0. The van der Waals surface area contributed by atoms with Crippen LogP contribution in [0.25, 0.3) is 16.7 Å². The number of aryl methyl sites for hydroxylation is 1. The van der Waals surface area contributed by atoms with E-state index < -0.39 is 0 Å². The summed E-state index contributed by atoms with van der Waals surface area (Å²) >= 11 is 0. The minimum atomic E-state index is 0.708. The maximum Gasteiger partial charge on any atom is 0.180 e. The molecule has 0 radical (unpaired) electrons. The number of benzene rings is 1. The minimum absolute atomic E-state index is 0.708. The van der Waals surface area contributed by atoms with Crippen molar-refractivity contribution in [3.05, 3.63) is 66.0 Å². The number of nitrogens with zero attached hydrogens (tertiary/aromatic N) is 4. The Hall–Kier alpha value is -2.75. The second kappa shape index (κ2) is 6.40. The van der Waals surface area contributed by atoms with Crippen molar-refractivity contribution < 1.29 is 0 Å². The van der Waals surface area contributed by atoms with E-state index in [-0.39, 0.29) is 0 Å². The first-order valence-corrected chi connectivity index (χ1v) is 8.44. The van der Waals surface area contributed by atoms with E-state index in [0.717, 1.165) is 37.3 Å². The Kier molecular flexibility index (Phi) is 3.95. The molecule has 0 spiro atoms. The van der Waals surface area contributed by atoms with Crippen LogP contribution >= 0.6 is 0 Å². The lowest BCUT2D eigenvalue weighted by atomic mass is 9.98. The summed E-state index contributed by atoms with van der Waals surface area (Å²) in [4.78, 5) is 15.5. The zero-order chi connectivity index (χ0) is 16.4. The molecule has 4 nitrogen and oxygen atoms in total. The predicted octanol–water partition coefficient (Wildman–Crippen LogP) is 3.88.